The number of benzene rings is 1. The molecule has 0 bridgehead atoms. The van der Waals surface area contributed by atoms with Gasteiger partial charge in [0.15, 0.2) is 0 Å². The lowest BCUT2D eigenvalue weighted by Gasteiger charge is -2.38. The summed E-state index contributed by atoms with van der Waals surface area (Å²) < 4.78 is 5.64. The first-order valence-electron chi connectivity index (χ1n) is 12.1. The van der Waals surface area contributed by atoms with Crippen molar-refractivity contribution in [1.82, 2.24) is 10.8 Å². The number of rotatable bonds is 15. The number of hydroxylamine groups is 1. The smallest absolute Gasteiger partial charge is 0.273 e. The molecule has 1 aromatic rings. The monoisotopic (exact) mass is 477 g/mol. The number of carbonyl (C=O) groups excluding carboxylic acids is 3. The van der Waals surface area contributed by atoms with Crippen LogP contribution in [0.15, 0.2) is 30.3 Å². The molecule has 1 aromatic carbocycles. The topological polar surface area (TPSA) is 120 Å². The molecule has 0 heterocycles. The highest BCUT2D eigenvalue weighted by atomic mass is 16.7. The maximum Gasteiger partial charge on any atom is 0.273 e. The van der Waals surface area contributed by atoms with Gasteiger partial charge in [0.05, 0.1) is 19.6 Å². The highest BCUT2D eigenvalue weighted by Gasteiger charge is 2.39. The van der Waals surface area contributed by atoms with E-state index >= 15 is 0 Å². The summed E-state index contributed by atoms with van der Waals surface area (Å²) in [5, 5.41) is 3.04. The van der Waals surface area contributed by atoms with E-state index in [0.717, 1.165) is 18.4 Å². The van der Waals surface area contributed by atoms with Crippen molar-refractivity contribution >= 4 is 17.7 Å². The largest absolute Gasteiger partial charge is 0.370 e. The SMILES string of the molecule is CCCCNC(=O)C(C(CONC(=O)C(CC(N)=O)OCc1ccccc1)C(C)C)C(C)(C)C. The normalized spacial score (nSPS) is 14.3. The lowest BCUT2D eigenvalue weighted by molar-refractivity contribution is -0.152. The van der Waals surface area contributed by atoms with Gasteiger partial charge in [0, 0.05) is 12.5 Å². The Labute approximate surface area is 204 Å². The minimum absolute atomic E-state index is 0.00706. The average molecular weight is 478 g/mol. The van der Waals surface area contributed by atoms with Crippen molar-refractivity contribution in [2.45, 2.75) is 73.5 Å². The fourth-order valence-electron chi connectivity index (χ4n) is 3.86. The number of carbonyl (C=O) groups is 3. The second-order valence-electron chi connectivity index (χ2n) is 10.1. The number of amides is 3. The second-order valence-corrected chi connectivity index (χ2v) is 10.1. The van der Waals surface area contributed by atoms with Crippen LogP contribution in [0.1, 0.15) is 66.4 Å². The molecule has 1 rings (SSSR count). The van der Waals surface area contributed by atoms with Gasteiger partial charge in [-0.05, 0) is 29.2 Å². The number of primary amides is 1. The fraction of sp³-hybridized carbons (Fsp3) is 0.654. The minimum Gasteiger partial charge on any atom is -0.370 e. The van der Waals surface area contributed by atoms with E-state index in [0.29, 0.717) is 6.54 Å². The number of unbranched alkanes of at least 4 members (excludes halogenated alkanes) is 1. The minimum atomic E-state index is -1.08. The van der Waals surface area contributed by atoms with Gasteiger partial charge in [0.1, 0.15) is 6.10 Å². The van der Waals surface area contributed by atoms with Crippen LogP contribution in [0.4, 0.5) is 0 Å². The zero-order chi connectivity index (χ0) is 25.7. The van der Waals surface area contributed by atoms with Crippen LogP contribution in [-0.2, 0) is 30.6 Å². The number of hydrogen-bond donors (Lipinski definition) is 3. The van der Waals surface area contributed by atoms with E-state index in [1.165, 1.54) is 0 Å². The predicted molar refractivity (Wildman–Crippen MR) is 132 cm³/mol. The predicted octanol–water partition coefficient (Wildman–Crippen LogP) is 3.35. The van der Waals surface area contributed by atoms with Crippen molar-refractivity contribution in [3.63, 3.8) is 0 Å². The van der Waals surface area contributed by atoms with E-state index < -0.39 is 17.9 Å². The molecule has 8 nitrogen and oxygen atoms in total. The third-order valence-electron chi connectivity index (χ3n) is 5.75. The lowest BCUT2D eigenvalue weighted by atomic mass is 9.69. The Bertz CT molecular complexity index is 761. The maximum absolute atomic E-state index is 13.0. The first-order valence-corrected chi connectivity index (χ1v) is 12.1. The van der Waals surface area contributed by atoms with Crippen LogP contribution in [0.3, 0.4) is 0 Å². The van der Waals surface area contributed by atoms with Gasteiger partial charge in [-0.25, -0.2) is 5.48 Å². The van der Waals surface area contributed by atoms with E-state index in [-0.39, 0.29) is 48.7 Å². The Morgan fingerprint density at radius 2 is 1.71 bits per heavy atom. The van der Waals surface area contributed by atoms with Gasteiger partial charge in [0.2, 0.25) is 11.8 Å². The molecular formula is C26H43N3O5. The Morgan fingerprint density at radius 3 is 2.24 bits per heavy atom. The summed E-state index contributed by atoms with van der Waals surface area (Å²) in [5.41, 5.74) is 8.28. The lowest BCUT2D eigenvalue weighted by Crippen LogP contribution is -2.47. The molecule has 3 atom stereocenters. The zero-order valence-corrected chi connectivity index (χ0v) is 21.6. The Hall–Kier alpha value is -2.45. The van der Waals surface area contributed by atoms with Gasteiger partial charge < -0.3 is 15.8 Å². The van der Waals surface area contributed by atoms with Crippen LogP contribution < -0.4 is 16.5 Å². The Balaban J connectivity index is 2.79. The summed E-state index contributed by atoms with van der Waals surface area (Å²) in [7, 11) is 0. The van der Waals surface area contributed by atoms with E-state index in [9.17, 15) is 14.4 Å². The number of nitrogens with two attached hydrogens (primary N) is 1. The molecular weight excluding hydrogens is 434 g/mol. The molecule has 0 aromatic heterocycles. The van der Waals surface area contributed by atoms with Crippen molar-refractivity contribution in [1.29, 1.82) is 0 Å². The van der Waals surface area contributed by atoms with Crippen molar-refractivity contribution < 1.29 is 24.0 Å². The molecule has 0 aliphatic carbocycles. The molecule has 0 spiro atoms. The van der Waals surface area contributed by atoms with Gasteiger partial charge in [-0.15, -0.1) is 0 Å². The highest BCUT2D eigenvalue weighted by molar-refractivity contribution is 5.86. The van der Waals surface area contributed by atoms with Crippen LogP contribution in [0.5, 0.6) is 0 Å². The standard InChI is InChI=1S/C26H43N3O5/c1-7-8-14-28-25(32)23(26(4,5)6)20(18(2)3)17-34-29-24(31)21(15-22(27)30)33-16-19-12-10-9-11-13-19/h9-13,18,20-21,23H,7-8,14-17H2,1-6H3,(H2,27,30)(H,28,32)(H,29,31). The molecule has 192 valence electrons. The molecule has 34 heavy (non-hydrogen) atoms. The van der Waals surface area contributed by atoms with E-state index in [1.54, 1.807) is 0 Å². The molecule has 8 heteroatoms. The van der Waals surface area contributed by atoms with Gasteiger partial charge in [-0.2, -0.15) is 0 Å². The Morgan fingerprint density at radius 1 is 1.06 bits per heavy atom. The maximum atomic E-state index is 13.0. The first kappa shape index (κ1) is 29.6. The van der Waals surface area contributed by atoms with Gasteiger partial charge in [-0.1, -0.05) is 78.3 Å². The summed E-state index contributed by atoms with van der Waals surface area (Å²) in [6, 6.07) is 9.33. The van der Waals surface area contributed by atoms with E-state index in [4.69, 9.17) is 15.3 Å². The zero-order valence-electron chi connectivity index (χ0n) is 21.6. The van der Waals surface area contributed by atoms with Crippen molar-refractivity contribution in [3.05, 3.63) is 35.9 Å². The van der Waals surface area contributed by atoms with Crippen LogP contribution >= 0.6 is 0 Å². The van der Waals surface area contributed by atoms with Gasteiger partial charge in [-0.3, -0.25) is 19.2 Å². The number of hydrogen-bond acceptors (Lipinski definition) is 5. The summed E-state index contributed by atoms with van der Waals surface area (Å²) in [6.07, 6.45) is 0.583. The molecule has 0 radical (unpaired) electrons. The molecule has 3 amide bonds. The second kappa shape index (κ2) is 14.7. The molecule has 0 fully saturated rings. The molecule has 0 saturated carbocycles. The van der Waals surface area contributed by atoms with Crippen molar-refractivity contribution in [2.24, 2.45) is 28.9 Å². The van der Waals surface area contributed by atoms with Crippen molar-refractivity contribution in [3.8, 4) is 0 Å². The number of ether oxygens (including phenoxy) is 1. The molecule has 0 aliphatic rings. The summed E-state index contributed by atoms with van der Waals surface area (Å²) in [5.74, 6) is -1.55. The third-order valence-corrected chi connectivity index (χ3v) is 5.75. The summed E-state index contributed by atoms with van der Waals surface area (Å²) in [4.78, 5) is 42.7. The molecule has 3 unspecified atom stereocenters. The quantitative estimate of drug-likeness (QED) is 0.264. The van der Waals surface area contributed by atoms with Gasteiger partial charge in [0.25, 0.3) is 5.91 Å². The Kier molecular flexibility index (Phi) is 12.8. The van der Waals surface area contributed by atoms with Crippen LogP contribution in [0, 0.1) is 23.2 Å². The average Bonchev–Trinajstić information content (AvgIpc) is 2.75. The molecule has 4 N–H and O–H groups in total. The fourth-order valence-corrected chi connectivity index (χ4v) is 3.86. The van der Waals surface area contributed by atoms with Crippen molar-refractivity contribution in [2.75, 3.05) is 13.2 Å². The highest BCUT2D eigenvalue weighted by Crippen LogP contribution is 2.36. The van der Waals surface area contributed by atoms with Crippen LogP contribution in [0.25, 0.3) is 0 Å². The van der Waals surface area contributed by atoms with Crippen LogP contribution in [0.2, 0.25) is 0 Å². The molecule has 0 saturated heterocycles. The number of nitrogens with one attached hydrogen (secondary N) is 2. The summed E-state index contributed by atoms with van der Waals surface area (Å²) >= 11 is 0. The van der Waals surface area contributed by atoms with E-state index in [2.05, 4.69) is 17.7 Å². The summed E-state index contributed by atoms with van der Waals surface area (Å²) in [6.45, 7) is 13.2. The van der Waals surface area contributed by atoms with Gasteiger partial charge >= 0.3 is 0 Å². The molecule has 0 aliphatic heterocycles. The van der Waals surface area contributed by atoms with E-state index in [1.807, 2.05) is 65.0 Å². The first-order chi connectivity index (χ1) is 16.0. The third kappa shape index (κ3) is 10.7. The van der Waals surface area contributed by atoms with Crippen LogP contribution in [-0.4, -0.2) is 37.0 Å².